The molecule has 0 aliphatic carbocycles. The van der Waals surface area contributed by atoms with E-state index in [0.29, 0.717) is 28.6 Å². The highest BCUT2D eigenvalue weighted by molar-refractivity contribution is 7.14. The second-order valence-corrected chi connectivity index (χ2v) is 7.83. The molecule has 158 valence electrons. The number of nitrogens with zero attached hydrogens (tertiary/aromatic N) is 2. The van der Waals surface area contributed by atoms with E-state index in [0.717, 1.165) is 6.42 Å². The normalized spacial score (nSPS) is 17.8. The Morgan fingerprint density at radius 2 is 2.00 bits per heavy atom. The zero-order valence-corrected chi connectivity index (χ0v) is 17.5. The average molecular weight is 436 g/mol. The fourth-order valence-corrected chi connectivity index (χ4v) is 4.15. The summed E-state index contributed by atoms with van der Waals surface area (Å²) >= 11 is 1.20. The Labute approximate surface area is 182 Å². The van der Waals surface area contributed by atoms with E-state index in [2.05, 4.69) is 4.98 Å². The molecule has 1 aromatic heterocycles. The first-order valence-electron chi connectivity index (χ1n) is 9.74. The second kappa shape index (κ2) is 8.61. The van der Waals surface area contributed by atoms with E-state index in [1.165, 1.54) is 34.6 Å². The number of thiazole rings is 1. The highest BCUT2D eigenvalue weighted by Crippen LogP contribution is 2.43. The van der Waals surface area contributed by atoms with E-state index in [-0.39, 0.29) is 17.1 Å². The van der Waals surface area contributed by atoms with E-state index >= 15 is 0 Å². The number of aliphatic hydroxyl groups excluding tert-OH is 1. The molecule has 1 fully saturated rings. The molecule has 1 amide bonds. The van der Waals surface area contributed by atoms with Crippen molar-refractivity contribution in [2.24, 2.45) is 0 Å². The van der Waals surface area contributed by atoms with Crippen molar-refractivity contribution in [3.05, 3.63) is 76.8 Å². The zero-order valence-electron chi connectivity index (χ0n) is 16.7. The van der Waals surface area contributed by atoms with Crippen molar-refractivity contribution in [3.8, 4) is 11.5 Å². The molecule has 7 nitrogen and oxygen atoms in total. The Balaban J connectivity index is 1.88. The zero-order chi connectivity index (χ0) is 22.0. The second-order valence-electron chi connectivity index (χ2n) is 6.96. The van der Waals surface area contributed by atoms with Crippen LogP contribution >= 0.6 is 11.3 Å². The van der Waals surface area contributed by atoms with Crippen LogP contribution in [0.25, 0.3) is 5.76 Å². The van der Waals surface area contributed by atoms with Crippen LogP contribution in [-0.2, 0) is 9.59 Å². The third kappa shape index (κ3) is 3.89. The first-order chi connectivity index (χ1) is 15.0. The van der Waals surface area contributed by atoms with E-state index in [1.54, 1.807) is 41.8 Å². The maximum Gasteiger partial charge on any atom is 0.301 e. The predicted molar refractivity (Wildman–Crippen MR) is 117 cm³/mol. The van der Waals surface area contributed by atoms with Crippen LogP contribution < -0.4 is 9.64 Å². The maximum absolute atomic E-state index is 13.0. The molecule has 2 N–H and O–H groups in total. The molecular weight excluding hydrogens is 416 g/mol. The van der Waals surface area contributed by atoms with Crippen molar-refractivity contribution < 1.29 is 24.5 Å². The number of phenolic OH excluding ortho intramolecular Hbond substituents is 1. The Bertz CT molecular complexity index is 1160. The van der Waals surface area contributed by atoms with Gasteiger partial charge in [-0.05, 0) is 36.2 Å². The van der Waals surface area contributed by atoms with Gasteiger partial charge in [0.15, 0.2) is 5.13 Å². The van der Waals surface area contributed by atoms with Crippen molar-refractivity contribution in [2.75, 3.05) is 11.5 Å². The van der Waals surface area contributed by atoms with Gasteiger partial charge >= 0.3 is 5.91 Å². The topological polar surface area (TPSA) is 100.0 Å². The van der Waals surface area contributed by atoms with Crippen molar-refractivity contribution in [2.45, 2.75) is 19.4 Å². The molecule has 8 heteroatoms. The van der Waals surface area contributed by atoms with Crippen molar-refractivity contribution in [1.82, 2.24) is 4.98 Å². The maximum atomic E-state index is 13.0. The number of amides is 1. The van der Waals surface area contributed by atoms with Crippen LogP contribution in [0.4, 0.5) is 5.13 Å². The molecule has 1 saturated heterocycles. The molecule has 3 aromatic rings. The fraction of sp³-hybridized carbons (Fsp3) is 0.174. The third-order valence-corrected chi connectivity index (χ3v) is 5.61. The van der Waals surface area contributed by atoms with Gasteiger partial charge in [0.25, 0.3) is 5.78 Å². The molecule has 31 heavy (non-hydrogen) atoms. The van der Waals surface area contributed by atoms with Crippen molar-refractivity contribution in [3.63, 3.8) is 0 Å². The summed E-state index contributed by atoms with van der Waals surface area (Å²) in [5.74, 6) is -1.39. The van der Waals surface area contributed by atoms with Crippen molar-refractivity contribution in [1.29, 1.82) is 0 Å². The lowest BCUT2D eigenvalue weighted by Gasteiger charge is -2.23. The molecule has 1 unspecified atom stereocenters. The summed E-state index contributed by atoms with van der Waals surface area (Å²) in [6.45, 7) is 2.50. The highest BCUT2D eigenvalue weighted by atomic mass is 32.1. The number of phenols is 1. The number of benzene rings is 2. The quantitative estimate of drug-likeness (QED) is 0.340. The molecule has 1 aliphatic heterocycles. The summed E-state index contributed by atoms with van der Waals surface area (Å²) in [4.78, 5) is 31.4. The van der Waals surface area contributed by atoms with Gasteiger partial charge in [-0.15, -0.1) is 11.3 Å². The number of aliphatic hydroxyl groups is 1. The van der Waals surface area contributed by atoms with Crippen molar-refractivity contribution >= 4 is 33.9 Å². The van der Waals surface area contributed by atoms with E-state index in [4.69, 9.17) is 4.74 Å². The van der Waals surface area contributed by atoms with Crippen LogP contribution in [-0.4, -0.2) is 33.5 Å². The van der Waals surface area contributed by atoms with Gasteiger partial charge in [-0.3, -0.25) is 14.5 Å². The number of ketones is 1. The molecule has 4 rings (SSSR count). The van der Waals surface area contributed by atoms with Crippen LogP contribution in [0.2, 0.25) is 0 Å². The lowest BCUT2D eigenvalue weighted by Crippen LogP contribution is -2.29. The van der Waals surface area contributed by atoms with Gasteiger partial charge < -0.3 is 14.9 Å². The smallest absolute Gasteiger partial charge is 0.301 e. The fourth-order valence-electron chi connectivity index (χ4n) is 3.48. The first-order valence-corrected chi connectivity index (χ1v) is 10.6. The Morgan fingerprint density at radius 1 is 1.19 bits per heavy atom. The van der Waals surface area contributed by atoms with Crippen LogP contribution in [0.1, 0.15) is 30.5 Å². The summed E-state index contributed by atoms with van der Waals surface area (Å²) in [5, 5.41) is 23.1. The molecule has 0 spiro atoms. The number of ether oxygens (including phenoxy) is 1. The van der Waals surface area contributed by atoms with Gasteiger partial charge in [0.2, 0.25) is 0 Å². The molecule has 2 aromatic carbocycles. The lowest BCUT2D eigenvalue weighted by atomic mass is 9.95. The summed E-state index contributed by atoms with van der Waals surface area (Å²) in [5.41, 5.74) is 0.767. The summed E-state index contributed by atoms with van der Waals surface area (Å²) in [6, 6.07) is 12.1. The van der Waals surface area contributed by atoms with Gasteiger partial charge in [-0.1, -0.05) is 31.2 Å². The monoisotopic (exact) mass is 436 g/mol. The molecule has 0 radical (unpaired) electrons. The number of aromatic nitrogens is 1. The minimum Gasteiger partial charge on any atom is -0.508 e. The van der Waals surface area contributed by atoms with Crippen LogP contribution in [0.5, 0.6) is 11.5 Å². The minimum absolute atomic E-state index is 0.0165. The van der Waals surface area contributed by atoms with Gasteiger partial charge in [0.1, 0.15) is 17.3 Å². The van der Waals surface area contributed by atoms with Gasteiger partial charge in [-0.2, -0.15) is 0 Å². The van der Waals surface area contributed by atoms with Crippen LogP contribution in [0, 0.1) is 0 Å². The van der Waals surface area contributed by atoms with Gasteiger partial charge in [0, 0.05) is 17.1 Å². The number of aromatic hydroxyl groups is 1. The summed E-state index contributed by atoms with van der Waals surface area (Å²) in [7, 11) is 0. The first kappa shape index (κ1) is 20.6. The number of hydrogen-bond acceptors (Lipinski definition) is 7. The van der Waals surface area contributed by atoms with Gasteiger partial charge in [0.05, 0.1) is 18.2 Å². The number of rotatable bonds is 6. The SMILES string of the molecule is CCCOc1cccc(C(O)=C2C(=O)C(=O)N(c3nccs3)C2c2cccc(O)c2)c1. The standard InChI is InChI=1S/C23H20N2O5S/c1-2-10-30-17-8-4-6-15(13-17)20(27)18-19(14-5-3-7-16(26)12-14)25(22(29)21(18)28)23-24-9-11-31-23/h3-9,11-13,19,26-27H,2,10H2,1H3. The molecule has 2 heterocycles. The summed E-state index contributed by atoms with van der Waals surface area (Å²) < 4.78 is 5.63. The highest BCUT2D eigenvalue weighted by Gasteiger charge is 2.48. The molecule has 1 atom stereocenters. The van der Waals surface area contributed by atoms with E-state index in [1.807, 2.05) is 6.92 Å². The van der Waals surface area contributed by atoms with Crippen LogP contribution in [0.15, 0.2) is 65.7 Å². The number of anilines is 1. The Kier molecular flexibility index (Phi) is 5.73. The van der Waals surface area contributed by atoms with E-state index in [9.17, 15) is 19.8 Å². The van der Waals surface area contributed by atoms with E-state index < -0.39 is 17.7 Å². The predicted octanol–water partition coefficient (Wildman–Crippen LogP) is 4.26. The average Bonchev–Trinajstić information content (AvgIpc) is 3.39. The Morgan fingerprint density at radius 3 is 2.71 bits per heavy atom. The number of Topliss-reactive ketones (excluding diaryl/α,β-unsaturated/α-hetero) is 1. The number of carbonyl (C=O) groups excluding carboxylic acids is 2. The molecular formula is C23H20N2O5S. The Hall–Kier alpha value is -3.65. The minimum atomic E-state index is -0.932. The molecule has 0 saturated carbocycles. The lowest BCUT2D eigenvalue weighted by molar-refractivity contribution is -0.132. The summed E-state index contributed by atoms with van der Waals surface area (Å²) in [6.07, 6.45) is 2.36. The number of hydrogen-bond donors (Lipinski definition) is 2. The number of carbonyl (C=O) groups is 2. The van der Waals surface area contributed by atoms with Crippen LogP contribution in [0.3, 0.4) is 0 Å². The third-order valence-electron chi connectivity index (χ3n) is 4.84. The largest absolute Gasteiger partial charge is 0.508 e. The molecule has 1 aliphatic rings. The van der Waals surface area contributed by atoms with Gasteiger partial charge in [-0.25, -0.2) is 4.98 Å². The molecule has 0 bridgehead atoms.